The molecule has 6 heteroatoms. The number of rotatable bonds is 4. The second kappa shape index (κ2) is 6.81. The first-order chi connectivity index (χ1) is 10.8. The summed E-state index contributed by atoms with van der Waals surface area (Å²) in [6, 6.07) is 7.73. The maximum atomic E-state index is 12.3. The Hall–Kier alpha value is -2.37. The topological polar surface area (TPSA) is 80.0 Å². The first-order valence-corrected chi connectivity index (χ1v) is 7.66. The van der Waals surface area contributed by atoms with Crippen molar-refractivity contribution in [2.45, 2.75) is 47.2 Å². The van der Waals surface area contributed by atoms with Gasteiger partial charge >= 0.3 is 6.03 Å². The van der Waals surface area contributed by atoms with Crippen LogP contribution in [-0.2, 0) is 6.54 Å². The molecule has 23 heavy (non-hydrogen) atoms. The maximum absolute atomic E-state index is 12.3. The Morgan fingerprint density at radius 2 is 1.96 bits per heavy atom. The SMILES string of the molecule is Cc1nc(CNC(=O)N[C@H](c2ccccc2C)C(C)(C)C)no1. The molecule has 0 aliphatic heterocycles. The number of carbonyl (C=O) groups excluding carboxylic acids is 1. The fraction of sp³-hybridized carbons (Fsp3) is 0.471. The Balaban J connectivity index is 2.06. The van der Waals surface area contributed by atoms with Crippen LogP contribution in [0.4, 0.5) is 4.79 Å². The van der Waals surface area contributed by atoms with Gasteiger partial charge in [-0.2, -0.15) is 4.98 Å². The normalized spacial score (nSPS) is 12.7. The molecule has 0 aliphatic rings. The lowest BCUT2D eigenvalue weighted by molar-refractivity contribution is 0.217. The molecule has 2 aromatic rings. The zero-order valence-corrected chi connectivity index (χ0v) is 14.3. The van der Waals surface area contributed by atoms with Crippen molar-refractivity contribution >= 4 is 6.03 Å². The number of carbonyl (C=O) groups is 1. The van der Waals surface area contributed by atoms with Gasteiger partial charge in [0.1, 0.15) is 0 Å². The van der Waals surface area contributed by atoms with Crippen LogP contribution in [0.15, 0.2) is 28.8 Å². The molecule has 1 atom stereocenters. The highest BCUT2D eigenvalue weighted by atomic mass is 16.5. The van der Waals surface area contributed by atoms with E-state index in [1.54, 1.807) is 6.92 Å². The van der Waals surface area contributed by atoms with Crippen molar-refractivity contribution in [3.63, 3.8) is 0 Å². The summed E-state index contributed by atoms with van der Waals surface area (Å²) in [4.78, 5) is 16.3. The Kier molecular flexibility index (Phi) is 5.03. The quantitative estimate of drug-likeness (QED) is 0.907. The van der Waals surface area contributed by atoms with Crippen LogP contribution in [0, 0.1) is 19.3 Å². The summed E-state index contributed by atoms with van der Waals surface area (Å²) >= 11 is 0. The first kappa shape index (κ1) is 17.0. The number of nitrogens with zero attached hydrogens (tertiary/aromatic N) is 2. The zero-order valence-electron chi connectivity index (χ0n) is 14.3. The van der Waals surface area contributed by atoms with Crippen molar-refractivity contribution in [1.82, 2.24) is 20.8 Å². The molecular formula is C17H24N4O2. The molecule has 2 N–H and O–H groups in total. The minimum absolute atomic E-state index is 0.101. The lowest BCUT2D eigenvalue weighted by Gasteiger charge is -2.33. The van der Waals surface area contributed by atoms with Crippen LogP contribution in [0.3, 0.4) is 0 Å². The summed E-state index contributed by atoms with van der Waals surface area (Å²) in [6.07, 6.45) is 0. The van der Waals surface area contributed by atoms with Gasteiger partial charge in [0.15, 0.2) is 5.82 Å². The molecule has 0 spiro atoms. The molecule has 0 aliphatic carbocycles. The van der Waals surface area contributed by atoms with Crippen LogP contribution in [0.1, 0.15) is 49.7 Å². The highest BCUT2D eigenvalue weighted by Crippen LogP contribution is 2.34. The van der Waals surface area contributed by atoms with Crippen LogP contribution in [0.25, 0.3) is 0 Å². The third kappa shape index (κ3) is 4.55. The van der Waals surface area contributed by atoms with E-state index in [0.717, 1.165) is 11.1 Å². The van der Waals surface area contributed by atoms with Crippen LogP contribution in [0.2, 0.25) is 0 Å². The molecule has 2 rings (SSSR count). The van der Waals surface area contributed by atoms with E-state index in [0.29, 0.717) is 11.7 Å². The Bertz CT molecular complexity index is 673. The fourth-order valence-corrected chi connectivity index (χ4v) is 2.43. The molecular weight excluding hydrogens is 292 g/mol. The van der Waals surface area contributed by atoms with Crippen molar-refractivity contribution in [2.24, 2.45) is 5.41 Å². The molecule has 1 heterocycles. The third-order valence-corrected chi connectivity index (χ3v) is 3.62. The standard InChI is InChI=1S/C17H24N4O2/c1-11-8-6-7-9-13(11)15(17(3,4)5)20-16(22)18-10-14-19-12(2)23-21-14/h6-9,15H,10H2,1-5H3,(H2,18,20,22)/t15-/m1/s1. The van der Waals surface area contributed by atoms with Gasteiger partial charge in [0.25, 0.3) is 0 Å². The summed E-state index contributed by atoms with van der Waals surface area (Å²) in [6.45, 7) is 10.3. The number of hydrogen-bond donors (Lipinski definition) is 2. The Labute approximate surface area is 136 Å². The van der Waals surface area contributed by atoms with E-state index in [1.165, 1.54) is 0 Å². The monoisotopic (exact) mass is 316 g/mol. The minimum Gasteiger partial charge on any atom is -0.340 e. The molecule has 0 unspecified atom stereocenters. The average Bonchev–Trinajstić information content (AvgIpc) is 2.88. The second-order valence-corrected chi connectivity index (χ2v) is 6.71. The lowest BCUT2D eigenvalue weighted by atomic mass is 9.81. The molecule has 2 amide bonds. The predicted octanol–water partition coefficient (Wildman–Crippen LogP) is 3.27. The third-order valence-electron chi connectivity index (χ3n) is 3.62. The van der Waals surface area contributed by atoms with Gasteiger partial charge in [-0.3, -0.25) is 0 Å². The van der Waals surface area contributed by atoms with Gasteiger partial charge < -0.3 is 15.2 Å². The number of hydrogen-bond acceptors (Lipinski definition) is 4. The summed E-state index contributed by atoms with van der Waals surface area (Å²) < 4.78 is 4.88. The number of amides is 2. The van der Waals surface area contributed by atoms with E-state index < -0.39 is 0 Å². The Morgan fingerprint density at radius 3 is 2.52 bits per heavy atom. The molecule has 0 fully saturated rings. The highest BCUT2D eigenvalue weighted by Gasteiger charge is 2.28. The molecule has 124 valence electrons. The zero-order chi connectivity index (χ0) is 17.0. The fourth-order valence-electron chi connectivity index (χ4n) is 2.43. The number of nitrogens with one attached hydrogen (secondary N) is 2. The van der Waals surface area contributed by atoms with Crippen molar-refractivity contribution < 1.29 is 9.32 Å². The van der Waals surface area contributed by atoms with Gasteiger partial charge in [-0.1, -0.05) is 50.2 Å². The first-order valence-electron chi connectivity index (χ1n) is 7.66. The van der Waals surface area contributed by atoms with Gasteiger partial charge in [0.05, 0.1) is 12.6 Å². The van der Waals surface area contributed by atoms with Crippen LogP contribution >= 0.6 is 0 Å². The molecule has 0 bridgehead atoms. The van der Waals surface area contributed by atoms with E-state index in [-0.39, 0.29) is 24.0 Å². The van der Waals surface area contributed by atoms with E-state index in [4.69, 9.17) is 4.52 Å². The molecule has 0 saturated carbocycles. The molecule has 0 radical (unpaired) electrons. The number of aromatic nitrogens is 2. The van der Waals surface area contributed by atoms with Crippen LogP contribution in [-0.4, -0.2) is 16.2 Å². The van der Waals surface area contributed by atoms with Gasteiger partial charge in [0, 0.05) is 6.92 Å². The van der Waals surface area contributed by atoms with Gasteiger partial charge in [-0.15, -0.1) is 0 Å². The smallest absolute Gasteiger partial charge is 0.315 e. The van der Waals surface area contributed by atoms with Crippen LogP contribution in [0.5, 0.6) is 0 Å². The van der Waals surface area contributed by atoms with Crippen molar-refractivity contribution in [1.29, 1.82) is 0 Å². The summed E-state index contributed by atoms with van der Waals surface area (Å²) in [7, 11) is 0. The molecule has 0 saturated heterocycles. The van der Waals surface area contributed by atoms with Gasteiger partial charge in [-0.25, -0.2) is 4.79 Å². The Morgan fingerprint density at radius 1 is 1.26 bits per heavy atom. The minimum atomic E-state index is -0.254. The average molecular weight is 316 g/mol. The maximum Gasteiger partial charge on any atom is 0.315 e. The van der Waals surface area contributed by atoms with E-state index in [9.17, 15) is 4.79 Å². The largest absolute Gasteiger partial charge is 0.340 e. The van der Waals surface area contributed by atoms with Crippen molar-refractivity contribution in [2.75, 3.05) is 0 Å². The predicted molar refractivity (Wildman–Crippen MR) is 87.8 cm³/mol. The molecule has 6 nitrogen and oxygen atoms in total. The van der Waals surface area contributed by atoms with E-state index in [1.807, 2.05) is 18.2 Å². The number of benzene rings is 1. The van der Waals surface area contributed by atoms with Gasteiger partial charge in [-0.05, 0) is 23.5 Å². The van der Waals surface area contributed by atoms with Gasteiger partial charge in [0.2, 0.25) is 5.89 Å². The van der Waals surface area contributed by atoms with Crippen molar-refractivity contribution in [3.8, 4) is 0 Å². The summed E-state index contributed by atoms with van der Waals surface area (Å²) in [5.74, 6) is 0.940. The van der Waals surface area contributed by atoms with Crippen LogP contribution < -0.4 is 10.6 Å². The van der Waals surface area contributed by atoms with Crippen molar-refractivity contribution in [3.05, 3.63) is 47.1 Å². The number of urea groups is 1. The summed E-state index contributed by atoms with van der Waals surface area (Å²) in [5.41, 5.74) is 2.15. The second-order valence-electron chi connectivity index (χ2n) is 6.71. The van der Waals surface area contributed by atoms with E-state index in [2.05, 4.69) is 54.5 Å². The highest BCUT2D eigenvalue weighted by molar-refractivity contribution is 5.74. The molecule has 1 aromatic carbocycles. The summed E-state index contributed by atoms with van der Waals surface area (Å²) in [5, 5.41) is 9.58. The molecule has 1 aromatic heterocycles. The lowest BCUT2D eigenvalue weighted by Crippen LogP contribution is -2.42. The number of aryl methyl sites for hydroxylation is 2. The van der Waals surface area contributed by atoms with E-state index >= 15 is 0 Å².